The molecule has 0 bridgehead atoms. The Labute approximate surface area is 115 Å². The highest BCUT2D eigenvalue weighted by molar-refractivity contribution is 7.80. The summed E-state index contributed by atoms with van der Waals surface area (Å²) in [5.41, 5.74) is 7.82. The van der Waals surface area contributed by atoms with Crippen molar-refractivity contribution in [3.05, 3.63) is 47.0 Å². The van der Waals surface area contributed by atoms with Gasteiger partial charge in [0.05, 0.1) is 5.69 Å². The fraction of sp³-hybridized carbons (Fsp3) is 0.154. The topological polar surface area (TPSA) is 63.8 Å². The van der Waals surface area contributed by atoms with Crippen molar-refractivity contribution in [3.8, 4) is 0 Å². The Morgan fingerprint density at radius 2 is 2.05 bits per heavy atom. The second-order valence-electron chi connectivity index (χ2n) is 4.14. The molecule has 0 saturated heterocycles. The van der Waals surface area contributed by atoms with Crippen LogP contribution in [-0.2, 0) is 0 Å². The second-order valence-corrected chi connectivity index (χ2v) is 4.58. The van der Waals surface area contributed by atoms with Gasteiger partial charge < -0.3 is 11.1 Å². The molecule has 3 N–H and O–H groups in total. The first-order valence-corrected chi connectivity index (χ1v) is 6.06. The third kappa shape index (κ3) is 3.03. The van der Waals surface area contributed by atoms with Gasteiger partial charge in [0, 0.05) is 5.69 Å². The minimum absolute atomic E-state index is 0.179. The number of para-hydroxylation sites is 1. The number of nitrogens with two attached hydrogens (primary N) is 1. The van der Waals surface area contributed by atoms with Crippen LogP contribution < -0.4 is 11.1 Å². The van der Waals surface area contributed by atoms with Crippen LogP contribution in [0.5, 0.6) is 0 Å². The first-order chi connectivity index (χ1) is 8.97. The second kappa shape index (κ2) is 5.27. The number of nitrogens with zero attached hydrogens (tertiary/aromatic N) is 2. The van der Waals surface area contributed by atoms with Gasteiger partial charge in [0.15, 0.2) is 0 Å². The molecule has 0 aliphatic rings. The van der Waals surface area contributed by atoms with Gasteiger partial charge in [-0.3, -0.25) is 0 Å². The third-order valence-corrected chi connectivity index (χ3v) is 2.77. The number of aryl methyl sites for hydroxylation is 2. The summed E-state index contributed by atoms with van der Waals surface area (Å²) in [6.07, 6.45) is 0. The van der Waals surface area contributed by atoms with Crippen LogP contribution in [0.1, 0.15) is 17.0 Å². The molecular formula is C13H13FN4S. The number of halogens is 1. The molecule has 0 aliphatic heterocycles. The molecule has 19 heavy (non-hydrogen) atoms. The van der Waals surface area contributed by atoms with Gasteiger partial charge >= 0.3 is 0 Å². The average Bonchev–Trinajstić information content (AvgIpc) is 2.33. The van der Waals surface area contributed by atoms with Crippen molar-refractivity contribution in [1.29, 1.82) is 0 Å². The van der Waals surface area contributed by atoms with Crippen LogP contribution in [0, 0.1) is 19.7 Å². The van der Waals surface area contributed by atoms with Crippen LogP contribution in [0.3, 0.4) is 0 Å². The Balaban J connectivity index is 2.41. The van der Waals surface area contributed by atoms with Crippen molar-refractivity contribution in [1.82, 2.24) is 9.97 Å². The Hall–Kier alpha value is -2.08. The fourth-order valence-corrected chi connectivity index (χ4v) is 1.76. The molecule has 0 unspecified atom stereocenters. The Morgan fingerprint density at radius 3 is 2.68 bits per heavy atom. The standard InChI is InChI=1S/C13H13FN4S/c1-7-4-3-5-9(14)11(7)18-13-16-8(2)6-10(17-13)12(15)19/h3-6H,1-2H3,(H2,15,19)(H,16,17,18). The monoisotopic (exact) mass is 276 g/mol. The summed E-state index contributed by atoms with van der Waals surface area (Å²) in [6, 6.07) is 6.50. The van der Waals surface area contributed by atoms with Crippen molar-refractivity contribution in [3.63, 3.8) is 0 Å². The highest BCUT2D eigenvalue weighted by Crippen LogP contribution is 2.22. The van der Waals surface area contributed by atoms with Gasteiger partial charge in [-0.25, -0.2) is 14.4 Å². The van der Waals surface area contributed by atoms with E-state index in [0.717, 1.165) is 5.56 Å². The minimum Gasteiger partial charge on any atom is -0.388 e. The molecule has 0 spiro atoms. The van der Waals surface area contributed by atoms with E-state index in [1.165, 1.54) is 6.07 Å². The highest BCUT2D eigenvalue weighted by atomic mass is 32.1. The maximum absolute atomic E-state index is 13.7. The summed E-state index contributed by atoms with van der Waals surface area (Å²) in [5.74, 6) is -0.0852. The van der Waals surface area contributed by atoms with Crippen molar-refractivity contribution in [2.45, 2.75) is 13.8 Å². The molecule has 0 amide bonds. The molecule has 98 valence electrons. The lowest BCUT2D eigenvalue weighted by Crippen LogP contribution is -2.14. The molecule has 0 atom stereocenters. The number of aromatic nitrogens is 2. The largest absolute Gasteiger partial charge is 0.388 e. The molecular weight excluding hydrogens is 263 g/mol. The van der Waals surface area contributed by atoms with Gasteiger partial charge in [0.1, 0.15) is 16.5 Å². The summed E-state index contributed by atoms with van der Waals surface area (Å²) >= 11 is 4.88. The van der Waals surface area contributed by atoms with E-state index in [2.05, 4.69) is 15.3 Å². The van der Waals surface area contributed by atoms with E-state index in [1.807, 2.05) is 0 Å². The van der Waals surface area contributed by atoms with Gasteiger partial charge in [-0.15, -0.1) is 0 Å². The number of benzene rings is 1. The molecule has 0 fully saturated rings. The highest BCUT2D eigenvalue weighted by Gasteiger charge is 2.09. The molecule has 0 radical (unpaired) electrons. The fourth-order valence-electron chi connectivity index (χ4n) is 1.65. The van der Waals surface area contributed by atoms with E-state index in [4.69, 9.17) is 18.0 Å². The first-order valence-electron chi connectivity index (χ1n) is 5.65. The van der Waals surface area contributed by atoms with Crippen molar-refractivity contribution < 1.29 is 4.39 Å². The van der Waals surface area contributed by atoms with E-state index >= 15 is 0 Å². The van der Waals surface area contributed by atoms with Gasteiger partial charge in [-0.2, -0.15) is 0 Å². The molecule has 1 aromatic carbocycles. The average molecular weight is 276 g/mol. The Morgan fingerprint density at radius 1 is 1.32 bits per heavy atom. The summed E-state index contributed by atoms with van der Waals surface area (Å²) in [4.78, 5) is 8.52. The first kappa shape index (κ1) is 13.4. The van der Waals surface area contributed by atoms with E-state index in [9.17, 15) is 4.39 Å². The Kier molecular flexibility index (Phi) is 3.71. The SMILES string of the molecule is Cc1cc(C(N)=S)nc(Nc2c(C)cccc2F)n1. The Bertz CT molecular complexity index is 622. The van der Waals surface area contributed by atoms with E-state index < -0.39 is 0 Å². The number of thiocarbonyl (C=S) groups is 1. The lowest BCUT2D eigenvalue weighted by atomic mass is 10.2. The molecule has 0 aliphatic carbocycles. The predicted octanol–water partition coefficient (Wildman–Crippen LogP) is 2.61. The summed E-state index contributed by atoms with van der Waals surface area (Å²) in [5, 5.41) is 2.86. The van der Waals surface area contributed by atoms with Crippen molar-refractivity contribution in [2.24, 2.45) is 5.73 Å². The van der Waals surface area contributed by atoms with Gasteiger partial charge in [0.2, 0.25) is 5.95 Å². The predicted molar refractivity (Wildman–Crippen MR) is 77.1 cm³/mol. The zero-order chi connectivity index (χ0) is 14.0. The van der Waals surface area contributed by atoms with Crippen LogP contribution in [0.25, 0.3) is 0 Å². The van der Waals surface area contributed by atoms with Crippen LogP contribution in [-0.4, -0.2) is 15.0 Å². The zero-order valence-corrected chi connectivity index (χ0v) is 11.4. The number of rotatable bonds is 3. The van der Waals surface area contributed by atoms with Gasteiger partial charge in [0.25, 0.3) is 0 Å². The lowest BCUT2D eigenvalue weighted by molar-refractivity contribution is 0.630. The third-order valence-electron chi connectivity index (χ3n) is 2.57. The van der Waals surface area contributed by atoms with E-state index in [-0.39, 0.29) is 16.8 Å². The summed E-state index contributed by atoms with van der Waals surface area (Å²) in [7, 11) is 0. The van der Waals surface area contributed by atoms with E-state index in [1.54, 1.807) is 32.0 Å². The van der Waals surface area contributed by atoms with Gasteiger partial charge in [-0.05, 0) is 31.5 Å². The minimum atomic E-state index is -0.359. The van der Waals surface area contributed by atoms with Crippen molar-refractivity contribution in [2.75, 3.05) is 5.32 Å². The zero-order valence-electron chi connectivity index (χ0n) is 10.6. The number of hydrogen-bond donors (Lipinski definition) is 2. The molecule has 1 heterocycles. The van der Waals surface area contributed by atoms with E-state index in [0.29, 0.717) is 17.1 Å². The van der Waals surface area contributed by atoms with Gasteiger partial charge in [-0.1, -0.05) is 24.4 Å². The lowest BCUT2D eigenvalue weighted by Gasteiger charge is -2.10. The number of anilines is 2. The molecule has 6 heteroatoms. The van der Waals surface area contributed by atoms with Crippen molar-refractivity contribution >= 4 is 28.8 Å². The molecule has 4 nitrogen and oxygen atoms in total. The van der Waals surface area contributed by atoms with Crippen LogP contribution in [0.2, 0.25) is 0 Å². The summed E-state index contributed by atoms with van der Waals surface area (Å²) in [6.45, 7) is 3.60. The van der Waals surface area contributed by atoms with Crippen LogP contribution in [0.4, 0.5) is 16.0 Å². The maximum Gasteiger partial charge on any atom is 0.228 e. The normalized spacial score (nSPS) is 10.3. The maximum atomic E-state index is 13.7. The number of hydrogen-bond acceptors (Lipinski definition) is 4. The van der Waals surface area contributed by atoms with Crippen LogP contribution >= 0.6 is 12.2 Å². The number of nitrogens with one attached hydrogen (secondary N) is 1. The van der Waals surface area contributed by atoms with Crippen LogP contribution in [0.15, 0.2) is 24.3 Å². The summed E-state index contributed by atoms with van der Waals surface area (Å²) < 4.78 is 13.7. The smallest absolute Gasteiger partial charge is 0.228 e. The molecule has 0 saturated carbocycles. The molecule has 1 aromatic heterocycles. The molecule has 2 rings (SSSR count). The molecule has 2 aromatic rings. The quantitative estimate of drug-likeness (QED) is 0.844.